The van der Waals surface area contributed by atoms with Gasteiger partial charge in [0.25, 0.3) is 0 Å². The molecule has 3 N–H and O–H groups in total. The summed E-state index contributed by atoms with van der Waals surface area (Å²) in [4.78, 5) is 25.5. The van der Waals surface area contributed by atoms with E-state index in [1.54, 1.807) is 11.8 Å². The van der Waals surface area contributed by atoms with Gasteiger partial charge in [0.15, 0.2) is 0 Å². The number of amides is 2. The normalized spacial score (nSPS) is 19.1. The summed E-state index contributed by atoms with van der Waals surface area (Å²) in [6.07, 6.45) is 0.342. The lowest BCUT2D eigenvalue weighted by molar-refractivity contribution is -0.128. The Morgan fingerprint density at radius 1 is 1.45 bits per heavy atom. The second-order valence-corrected chi connectivity index (χ2v) is 5.55. The number of carbonyl (C=O) groups is 2. The Balaban J connectivity index is 1.74. The number of benzene rings is 1. The van der Waals surface area contributed by atoms with Crippen LogP contribution < -0.4 is 15.8 Å². The molecule has 1 aliphatic heterocycles. The van der Waals surface area contributed by atoms with Crippen LogP contribution in [-0.2, 0) is 9.59 Å². The van der Waals surface area contributed by atoms with E-state index in [-0.39, 0.29) is 23.8 Å². The zero-order valence-electron chi connectivity index (χ0n) is 12.8. The van der Waals surface area contributed by atoms with Gasteiger partial charge in [-0.05, 0) is 12.1 Å². The lowest BCUT2D eigenvalue weighted by Crippen LogP contribution is -2.42. The maximum atomic E-state index is 11.9. The van der Waals surface area contributed by atoms with E-state index in [4.69, 9.17) is 10.5 Å². The number of hydrogen-bond acceptors (Lipinski definition) is 4. The van der Waals surface area contributed by atoms with E-state index in [0.717, 1.165) is 5.75 Å². The zero-order valence-corrected chi connectivity index (χ0v) is 12.8. The molecule has 2 rings (SSSR count). The molecule has 1 heterocycles. The molecule has 1 fully saturated rings. The highest BCUT2D eigenvalue weighted by Gasteiger charge is 2.30. The van der Waals surface area contributed by atoms with Crippen LogP contribution in [-0.4, -0.2) is 49.0 Å². The number of nitrogens with two attached hydrogens (primary N) is 1. The highest BCUT2D eigenvalue weighted by Crippen LogP contribution is 2.13. The predicted molar refractivity (Wildman–Crippen MR) is 83.3 cm³/mol. The largest absolute Gasteiger partial charge is 0.492 e. The van der Waals surface area contributed by atoms with Crippen LogP contribution >= 0.6 is 0 Å². The summed E-state index contributed by atoms with van der Waals surface area (Å²) in [6, 6.07) is 9.35. The number of carbonyl (C=O) groups excluding carboxylic acids is 2. The molecule has 0 aliphatic carbocycles. The van der Waals surface area contributed by atoms with Gasteiger partial charge in [-0.2, -0.15) is 0 Å². The molecule has 2 atom stereocenters. The van der Waals surface area contributed by atoms with E-state index in [1.165, 1.54) is 0 Å². The average Bonchev–Trinajstić information content (AvgIpc) is 2.87. The Labute approximate surface area is 130 Å². The summed E-state index contributed by atoms with van der Waals surface area (Å²) < 4.78 is 5.59. The number of ether oxygens (including phenoxy) is 1. The minimum atomic E-state index is -0.231. The van der Waals surface area contributed by atoms with Crippen molar-refractivity contribution in [2.45, 2.75) is 19.4 Å². The summed E-state index contributed by atoms with van der Waals surface area (Å²) in [7, 11) is 0. The highest BCUT2D eigenvalue weighted by atomic mass is 16.5. The molecule has 0 spiro atoms. The monoisotopic (exact) mass is 305 g/mol. The highest BCUT2D eigenvalue weighted by molar-refractivity contribution is 5.83. The molecule has 6 heteroatoms. The third kappa shape index (κ3) is 4.46. The van der Waals surface area contributed by atoms with Gasteiger partial charge in [0.1, 0.15) is 12.4 Å². The molecular weight excluding hydrogens is 282 g/mol. The first-order valence-electron chi connectivity index (χ1n) is 7.56. The molecule has 1 aromatic carbocycles. The van der Waals surface area contributed by atoms with Gasteiger partial charge in [0.2, 0.25) is 11.8 Å². The summed E-state index contributed by atoms with van der Waals surface area (Å²) >= 11 is 0. The minimum absolute atomic E-state index is 0.0439. The van der Waals surface area contributed by atoms with Crippen LogP contribution in [0, 0.1) is 5.92 Å². The van der Waals surface area contributed by atoms with Gasteiger partial charge in [-0.25, -0.2) is 0 Å². The van der Waals surface area contributed by atoms with Crippen LogP contribution in [0.3, 0.4) is 0 Å². The SMILES string of the molecule is CC(CN)C(=O)NC1CC(=O)N(CCOc2ccccc2)C1. The summed E-state index contributed by atoms with van der Waals surface area (Å²) in [6.45, 7) is 3.57. The molecule has 6 nitrogen and oxygen atoms in total. The van der Waals surface area contributed by atoms with Crippen LogP contribution in [0.2, 0.25) is 0 Å². The van der Waals surface area contributed by atoms with E-state index in [9.17, 15) is 9.59 Å². The average molecular weight is 305 g/mol. The van der Waals surface area contributed by atoms with E-state index in [0.29, 0.717) is 32.7 Å². The van der Waals surface area contributed by atoms with Gasteiger partial charge in [-0.3, -0.25) is 9.59 Å². The van der Waals surface area contributed by atoms with Gasteiger partial charge in [-0.1, -0.05) is 25.1 Å². The fourth-order valence-corrected chi connectivity index (χ4v) is 2.33. The molecule has 0 radical (unpaired) electrons. The zero-order chi connectivity index (χ0) is 15.9. The van der Waals surface area contributed by atoms with Crippen molar-refractivity contribution in [1.29, 1.82) is 0 Å². The molecular formula is C16H23N3O3. The van der Waals surface area contributed by atoms with Crippen molar-refractivity contribution in [2.24, 2.45) is 11.7 Å². The molecule has 1 saturated heterocycles. The maximum absolute atomic E-state index is 11.9. The molecule has 1 aliphatic rings. The lowest BCUT2D eigenvalue weighted by Gasteiger charge is -2.18. The van der Waals surface area contributed by atoms with Crippen molar-refractivity contribution in [3.63, 3.8) is 0 Å². The fraction of sp³-hybridized carbons (Fsp3) is 0.500. The Bertz CT molecular complexity index is 507. The van der Waals surface area contributed by atoms with Crippen molar-refractivity contribution in [1.82, 2.24) is 10.2 Å². The van der Waals surface area contributed by atoms with Crippen molar-refractivity contribution in [3.8, 4) is 5.75 Å². The van der Waals surface area contributed by atoms with E-state index in [1.807, 2.05) is 30.3 Å². The predicted octanol–water partition coefficient (Wildman–Crippen LogP) is 0.377. The van der Waals surface area contributed by atoms with Crippen molar-refractivity contribution < 1.29 is 14.3 Å². The molecule has 22 heavy (non-hydrogen) atoms. The molecule has 0 saturated carbocycles. The Morgan fingerprint density at radius 2 is 2.18 bits per heavy atom. The van der Waals surface area contributed by atoms with Gasteiger partial charge in [0.05, 0.1) is 12.6 Å². The molecule has 0 bridgehead atoms. The Kier molecular flexibility index (Phi) is 5.77. The standard InChI is InChI=1S/C16H23N3O3/c1-12(10-17)16(21)18-13-9-15(20)19(11-13)7-8-22-14-5-3-2-4-6-14/h2-6,12-13H,7-11,17H2,1H3,(H,18,21). The van der Waals surface area contributed by atoms with Gasteiger partial charge < -0.3 is 20.7 Å². The molecule has 0 aromatic heterocycles. The summed E-state index contributed by atoms with van der Waals surface area (Å²) in [5.41, 5.74) is 5.47. The van der Waals surface area contributed by atoms with Crippen molar-refractivity contribution in [3.05, 3.63) is 30.3 Å². The van der Waals surface area contributed by atoms with Gasteiger partial charge in [0, 0.05) is 25.4 Å². The van der Waals surface area contributed by atoms with Crippen molar-refractivity contribution >= 4 is 11.8 Å². The third-order valence-electron chi connectivity index (χ3n) is 3.74. The van der Waals surface area contributed by atoms with Crippen LogP contribution in [0.4, 0.5) is 0 Å². The van der Waals surface area contributed by atoms with Gasteiger partial charge in [-0.15, -0.1) is 0 Å². The molecule has 120 valence electrons. The van der Waals surface area contributed by atoms with E-state index < -0.39 is 0 Å². The number of para-hydroxylation sites is 1. The number of likely N-dealkylation sites (tertiary alicyclic amines) is 1. The summed E-state index contributed by atoms with van der Waals surface area (Å²) in [5, 5.41) is 2.88. The second-order valence-electron chi connectivity index (χ2n) is 5.55. The molecule has 2 amide bonds. The van der Waals surface area contributed by atoms with Crippen LogP contribution in [0.1, 0.15) is 13.3 Å². The van der Waals surface area contributed by atoms with Gasteiger partial charge >= 0.3 is 0 Å². The first-order chi connectivity index (χ1) is 10.6. The first kappa shape index (κ1) is 16.3. The Morgan fingerprint density at radius 3 is 2.86 bits per heavy atom. The minimum Gasteiger partial charge on any atom is -0.492 e. The number of rotatable bonds is 7. The number of nitrogens with one attached hydrogen (secondary N) is 1. The maximum Gasteiger partial charge on any atom is 0.224 e. The smallest absolute Gasteiger partial charge is 0.224 e. The summed E-state index contributed by atoms with van der Waals surface area (Å²) in [5.74, 6) is 0.506. The first-order valence-corrected chi connectivity index (χ1v) is 7.56. The quantitative estimate of drug-likeness (QED) is 0.762. The fourth-order valence-electron chi connectivity index (χ4n) is 2.33. The van der Waals surface area contributed by atoms with Crippen LogP contribution in [0.25, 0.3) is 0 Å². The third-order valence-corrected chi connectivity index (χ3v) is 3.74. The lowest BCUT2D eigenvalue weighted by atomic mass is 10.1. The molecule has 1 aromatic rings. The number of hydrogen-bond donors (Lipinski definition) is 2. The van der Waals surface area contributed by atoms with Crippen LogP contribution in [0.5, 0.6) is 5.75 Å². The number of nitrogens with zero attached hydrogens (tertiary/aromatic N) is 1. The van der Waals surface area contributed by atoms with Crippen LogP contribution in [0.15, 0.2) is 30.3 Å². The molecule has 2 unspecified atom stereocenters. The Hall–Kier alpha value is -2.08. The van der Waals surface area contributed by atoms with Crippen molar-refractivity contribution in [2.75, 3.05) is 26.2 Å². The van der Waals surface area contributed by atoms with E-state index >= 15 is 0 Å². The van der Waals surface area contributed by atoms with E-state index in [2.05, 4.69) is 5.32 Å². The second kappa shape index (κ2) is 7.79. The topological polar surface area (TPSA) is 84.7 Å².